The van der Waals surface area contributed by atoms with Crippen LogP contribution in [-0.4, -0.2) is 19.0 Å². The molecule has 0 saturated heterocycles. The van der Waals surface area contributed by atoms with Crippen molar-refractivity contribution in [2.24, 2.45) is 0 Å². The molecule has 2 heteroatoms. The van der Waals surface area contributed by atoms with Crippen LogP contribution in [0.4, 0.5) is 4.39 Å². The second kappa shape index (κ2) is 5.11. The minimum atomic E-state index is -0.190. The van der Waals surface area contributed by atoms with E-state index in [2.05, 4.69) is 17.0 Å². The third-order valence-electron chi connectivity index (χ3n) is 2.80. The van der Waals surface area contributed by atoms with Gasteiger partial charge in [-0.2, -0.15) is 0 Å². The molecule has 17 heavy (non-hydrogen) atoms. The standard InChI is InChI=1S/C15H16FN/c1-17(2)15(12-7-4-3-5-8-12)13-9-6-10-14(16)11-13/h3-11,15H,1-2H3. The van der Waals surface area contributed by atoms with E-state index in [9.17, 15) is 4.39 Å². The molecule has 0 aliphatic rings. The first kappa shape index (κ1) is 11.8. The molecule has 88 valence electrons. The fourth-order valence-corrected chi connectivity index (χ4v) is 2.10. The van der Waals surface area contributed by atoms with E-state index < -0.39 is 0 Å². The summed E-state index contributed by atoms with van der Waals surface area (Å²) in [6.45, 7) is 0. The Morgan fingerprint density at radius 3 is 2.12 bits per heavy atom. The van der Waals surface area contributed by atoms with Gasteiger partial charge in [0.2, 0.25) is 0 Å². The lowest BCUT2D eigenvalue weighted by molar-refractivity contribution is 0.341. The molecular formula is C15H16FN. The van der Waals surface area contributed by atoms with Crippen molar-refractivity contribution in [3.8, 4) is 0 Å². The van der Waals surface area contributed by atoms with Crippen LogP contribution >= 0.6 is 0 Å². The number of hydrogen-bond donors (Lipinski definition) is 0. The number of benzene rings is 2. The van der Waals surface area contributed by atoms with E-state index in [1.807, 2.05) is 38.4 Å². The van der Waals surface area contributed by atoms with E-state index in [4.69, 9.17) is 0 Å². The summed E-state index contributed by atoms with van der Waals surface area (Å²) in [5, 5.41) is 0. The highest BCUT2D eigenvalue weighted by Crippen LogP contribution is 2.26. The molecule has 1 nitrogen and oxygen atoms in total. The molecule has 0 aliphatic carbocycles. The maximum atomic E-state index is 13.3. The van der Waals surface area contributed by atoms with Crippen LogP contribution in [0.3, 0.4) is 0 Å². The third kappa shape index (κ3) is 2.71. The van der Waals surface area contributed by atoms with E-state index in [1.165, 1.54) is 11.6 Å². The van der Waals surface area contributed by atoms with Crippen LogP contribution < -0.4 is 0 Å². The average molecular weight is 229 g/mol. The van der Waals surface area contributed by atoms with Gasteiger partial charge in [-0.3, -0.25) is 4.90 Å². The molecule has 0 radical (unpaired) electrons. The van der Waals surface area contributed by atoms with Gasteiger partial charge in [-0.15, -0.1) is 0 Å². The lowest BCUT2D eigenvalue weighted by Gasteiger charge is -2.25. The Bertz CT molecular complexity index is 479. The van der Waals surface area contributed by atoms with Gasteiger partial charge < -0.3 is 0 Å². The van der Waals surface area contributed by atoms with Gasteiger partial charge in [-0.05, 0) is 37.4 Å². The Balaban J connectivity index is 2.43. The van der Waals surface area contributed by atoms with Gasteiger partial charge in [0.15, 0.2) is 0 Å². The molecule has 0 fully saturated rings. The summed E-state index contributed by atoms with van der Waals surface area (Å²) in [5.74, 6) is -0.190. The van der Waals surface area contributed by atoms with Crippen LogP contribution in [0.2, 0.25) is 0 Å². The zero-order valence-corrected chi connectivity index (χ0v) is 10.1. The van der Waals surface area contributed by atoms with Crippen molar-refractivity contribution in [1.82, 2.24) is 4.90 Å². The normalized spacial score (nSPS) is 12.7. The summed E-state index contributed by atoms with van der Waals surface area (Å²) >= 11 is 0. The van der Waals surface area contributed by atoms with Gasteiger partial charge in [-0.25, -0.2) is 4.39 Å². The van der Waals surface area contributed by atoms with E-state index in [-0.39, 0.29) is 11.9 Å². The SMILES string of the molecule is CN(C)C(c1ccccc1)c1cccc(F)c1. The lowest BCUT2D eigenvalue weighted by Crippen LogP contribution is -2.21. The summed E-state index contributed by atoms with van der Waals surface area (Å²) in [7, 11) is 4.01. The summed E-state index contributed by atoms with van der Waals surface area (Å²) in [6, 6.07) is 17.0. The molecule has 2 aromatic rings. The van der Waals surface area contributed by atoms with Gasteiger partial charge in [0.1, 0.15) is 5.82 Å². The second-order valence-corrected chi connectivity index (χ2v) is 4.33. The molecule has 0 N–H and O–H groups in total. The molecule has 0 heterocycles. The summed E-state index contributed by atoms with van der Waals surface area (Å²) in [5.41, 5.74) is 2.14. The van der Waals surface area contributed by atoms with Crippen LogP contribution in [0, 0.1) is 5.82 Å². The largest absolute Gasteiger partial charge is 0.299 e. The monoisotopic (exact) mass is 229 g/mol. The van der Waals surface area contributed by atoms with Crippen molar-refractivity contribution >= 4 is 0 Å². The molecule has 0 bridgehead atoms. The summed E-state index contributed by atoms with van der Waals surface area (Å²) in [4.78, 5) is 2.09. The topological polar surface area (TPSA) is 3.24 Å². The fourth-order valence-electron chi connectivity index (χ4n) is 2.10. The number of nitrogens with zero attached hydrogens (tertiary/aromatic N) is 1. The van der Waals surface area contributed by atoms with Gasteiger partial charge in [-0.1, -0.05) is 42.5 Å². The molecule has 2 rings (SSSR count). The smallest absolute Gasteiger partial charge is 0.123 e. The Morgan fingerprint density at radius 1 is 0.882 bits per heavy atom. The van der Waals surface area contributed by atoms with Crippen molar-refractivity contribution in [3.05, 3.63) is 71.5 Å². The van der Waals surface area contributed by atoms with Gasteiger partial charge in [0.05, 0.1) is 6.04 Å². The van der Waals surface area contributed by atoms with Crippen molar-refractivity contribution in [2.75, 3.05) is 14.1 Å². The average Bonchev–Trinajstić information content (AvgIpc) is 2.30. The van der Waals surface area contributed by atoms with E-state index in [1.54, 1.807) is 12.1 Å². The Morgan fingerprint density at radius 2 is 1.53 bits per heavy atom. The van der Waals surface area contributed by atoms with Crippen LogP contribution in [0.25, 0.3) is 0 Å². The fraction of sp³-hybridized carbons (Fsp3) is 0.200. The van der Waals surface area contributed by atoms with Gasteiger partial charge in [0.25, 0.3) is 0 Å². The van der Waals surface area contributed by atoms with Crippen molar-refractivity contribution in [1.29, 1.82) is 0 Å². The van der Waals surface area contributed by atoms with Crippen LogP contribution in [-0.2, 0) is 0 Å². The van der Waals surface area contributed by atoms with Crippen molar-refractivity contribution < 1.29 is 4.39 Å². The highest BCUT2D eigenvalue weighted by Gasteiger charge is 2.16. The Kier molecular flexibility index (Phi) is 3.55. The predicted molar refractivity (Wildman–Crippen MR) is 68.4 cm³/mol. The molecule has 1 atom stereocenters. The molecule has 0 aliphatic heterocycles. The zero-order chi connectivity index (χ0) is 12.3. The number of rotatable bonds is 3. The maximum absolute atomic E-state index is 13.3. The predicted octanol–water partition coefficient (Wildman–Crippen LogP) is 3.48. The molecule has 0 aromatic heterocycles. The molecular weight excluding hydrogens is 213 g/mol. The van der Waals surface area contributed by atoms with E-state index in [0.717, 1.165) is 5.56 Å². The van der Waals surface area contributed by atoms with Crippen molar-refractivity contribution in [2.45, 2.75) is 6.04 Å². The van der Waals surface area contributed by atoms with E-state index >= 15 is 0 Å². The molecule has 2 aromatic carbocycles. The minimum Gasteiger partial charge on any atom is -0.299 e. The number of hydrogen-bond acceptors (Lipinski definition) is 1. The molecule has 1 unspecified atom stereocenters. The first-order valence-electron chi connectivity index (χ1n) is 5.65. The summed E-state index contributed by atoms with van der Waals surface area (Å²) in [6.07, 6.45) is 0. The Labute approximate surface area is 102 Å². The lowest BCUT2D eigenvalue weighted by atomic mass is 9.98. The van der Waals surface area contributed by atoms with Gasteiger partial charge >= 0.3 is 0 Å². The van der Waals surface area contributed by atoms with Gasteiger partial charge in [0, 0.05) is 0 Å². The first-order valence-corrected chi connectivity index (χ1v) is 5.65. The van der Waals surface area contributed by atoms with E-state index in [0.29, 0.717) is 0 Å². The van der Waals surface area contributed by atoms with Crippen LogP contribution in [0.1, 0.15) is 17.2 Å². The highest BCUT2D eigenvalue weighted by atomic mass is 19.1. The molecule has 0 saturated carbocycles. The Hall–Kier alpha value is -1.67. The van der Waals surface area contributed by atoms with Crippen LogP contribution in [0.5, 0.6) is 0 Å². The van der Waals surface area contributed by atoms with Crippen LogP contribution in [0.15, 0.2) is 54.6 Å². The zero-order valence-electron chi connectivity index (χ0n) is 10.1. The summed E-state index contributed by atoms with van der Waals surface area (Å²) < 4.78 is 13.3. The third-order valence-corrected chi connectivity index (χ3v) is 2.80. The first-order chi connectivity index (χ1) is 8.18. The molecule has 0 amide bonds. The molecule has 0 spiro atoms. The number of halogens is 1. The second-order valence-electron chi connectivity index (χ2n) is 4.33. The highest BCUT2D eigenvalue weighted by molar-refractivity contribution is 5.31. The van der Waals surface area contributed by atoms with Crippen molar-refractivity contribution in [3.63, 3.8) is 0 Å². The minimum absolute atomic E-state index is 0.0897. The maximum Gasteiger partial charge on any atom is 0.123 e. The quantitative estimate of drug-likeness (QED) is 0.779.